The molecule has 0 radical (unpaired) electrons. The van der Waals surface area contributed by atoms with Gasteiger partial charge in [-0.05, 0) is 44.2 Å². The van der Waals surface area contributed by atoms with Crippen molar-refractivity contribution in [1.82, 2.24) is 10.2 Å². The average molecular weight is 210 g/mol. The lowest BCUT2D eigenvalue weighted by Crippen LogP contribution is -2.41. The van der Waals surface area contributed by atoms with Crippen LogP contribution in [0.3, 0.4) is 0 Å². The summed E-state index contributed by atoms with van der Waals surface area (Å²) in [6, 6.07) is 0.783. The van der Waals surface area contributed by atoms with Crippen LogP contribution in [0.1, 0.15) is 39.5 Å². The van der Waals surface area contributed by atoms with Gasteiger partial charge in [-0.1, -0.05) is 20.3 Å². The minimum atomic E-state index is 0.783. The predicted octanol–water partition coefficient (Wildman–Crippen LogP) is 2.11. The minimum absolute atomic E-state index is 0.783. The predicted molar refractivity (Wildman–Crippen MR) is 65.0 cm³/mol. The molecule has 15 heavy (non-hydrogen) atoms. The second-order valence-corrected chi connectivity index (χ2v) is 5.32. The Hall–Kier alpha value is -0.0800. The molecule has 2 unspecified atom stereocenters. The Morgan fingerprint density at radius 2 is 2.07 bits per heavy atom. The molecule has 1 aliphatic carbocycles. The molecule has 0 aromatic heterocycles. The van der Waals surface area contributed by atoms with Crippen LogP contribution in [-0.2, 0) is 0 Å². The van der Waals surface area contributed by atoms with Crippen LogP contribution >= 0.6 is 0 Å². The van der Waals surface area contributed by atoms with Gasteiger partial charge in [-0.3, -0.25) is 0 Å². The molecule has 0 amide bonds. The fraction of sp³-hybridized carbons (Fsp3) is 1.00. The normalized spacial score (nSPS) is 29.6. The highest BCUT2D eigenvalue weighted by Gasteiger charge is 2.33. The van der Waals surface area contributed by atoms with Gasteiger partial charge in [0.1, 0.15) is 0 Å². The second kappa shape index (κ2) is 5.31. The van der Waals surface area contributed by atoms with Gasteiger partial charge in [0.15, 0.2) is 0 Å². The summed E-state index contributed by atoms with van der Waals surface area (Å²) in [4.78, 5) is 2.68. The molecule has 1 N–H and O–H groups in total. The van der Waals surface area contributed by atoms with Crippen molar-refractivity contribution < 1.29 is 0 Å². The summed E-state index contributed by atoms with van der Waals surface area (Å²) in [6.45, 7) is 9.69. The molecular weight excluding hydrogens is 184 g/mol. The molecular formula is C13H26N2. The van der Waals surface area contributed by atoms with Crippen molar-refractivity contribution in [2.24, 2.45) is 11.8 Å². The zero-order valence-corrected chi connectivity index (χ0v) is 10.3. The number of nitrogens with one attached hydrogen (secondary N) is 1. The van der Waals surface area contributed by atoms with E-state index in [1.807, 2.05) is 0 Å². The van der Waals surface area contributed by atoms with E-state index < -0.39 is 0 Å². The number of hydrogen-bond donors (Lipinski definition) is 1. The maximum absolute atomic E-state index is 3.66. The highest BCUT2D eigenvalue weighted by molar-refractivity contribution is 4.89. The summed E-state index contributed by atoms with van der Waals surface area (Å²) < 4.78 is 0. The quantitative estimate of drug-likeness (QED) is 0.722. The molecule has 0 aromatic rings. The molecule has 2 rings (SSSR count). The van der Waals surface area contributed by atoms with E-state index in [4.69, 9.17) is 0 Å². The first kappa shape index (κ1) is 11.4. The van der Waals surface area contributed by atoms with Gasteiger partial charge in [0.2, 0.25) is 0 Å². The van der Waals surface area contributed by atoms with E-state index in [1.165, 1.54) is 45.3 Å². The van der Waals surface area contributed by atoms with Crippen LogP contribution in [0.5, 0.6) is 0 Å². The molecule has 1 aliphatic heterocycles. The van der Waals surface area contributed by atoms with Crippen LogP contribution in [0.2, 0.25) is 0 Å². The topological polar surface area (TPSA) is 15.3 Å². The fourth-order valence-electron chi connectivity index (χ4n) is 2.83. The summed E-state index contributed by atoms with van der Waals surface area (Å²) in [7, 11) is 0. The number of likely N-dealkylation sites (tertiary alicyclic amines) is 1. The molecule has 2 heteroatoms. The van der Waals surface area contributed by atoms with Crippen molar-refractivity contribution in [3.05, 3.63) is 0 Å². The van der Waals surface area contributed by atoms with E-state index in [1.54, 1.807) is 0 Å². The molecule has 2 nitrogen and oxygen atoms in total. The SMILES string of the molecule is CCNC(CN1CCC(CC)C1)C1CC1. The first-order chi connectivity index (χ1) is 7.33. The maximum Gasteiger partial charge on any atom is 0.0223 e. The summed E-state index contributed by atoms with van der Waals surface area (Å²) in [6.07, 6.45) is 5.72. The maximum atomic E-state index is 3.66. The van der Waals surface area contributed by atoms with Crippen LogP contribution in [0, 0.1) is 11.8 Å². The second-order valence-electron chi connectivity index (χ2n) is 5.32. The van der Waals surface area contributed by atoms with Crippen LogP contribution in [-0.4, -0.2) is 37.1 Å². The van der Waals surface area contributed by atoms with Crippen molar-refractivity contribution >= 4 is 0 Å². The molecule has 2 atom stereocenters. The van der Waals surface area contributed by atoms with Crippen LogP contribution in [0.15, 0.2) is 0 Å². The monoisotopic (exact) mass is 210 g/mol. The van der Waals surface area contributed by atoms with Gasteiger partial charge in [0.25, 0.3) is 0 Å². The van der Waals surface area contributed by atoms with Crippen LogP contribution < -0.4 is 5.32 Å². The molecule has 88 valence electrons. The van der Waals surface area contributed by atoms with Crippen molar-refractivity contribution in [2.45, 2.75) is 45.6 Å². The largest absolute Gasteiger partial charge is 0.313 e. The van der Waals surface area contributed by atoms with Gasteiger partial charge in [-0.15, -0.1) is 0 Å². The summed E-state index contributed by atoms with van der Waals surface area (Å²) in [5.41, 5.74) is 0. The molecule has 0 bridgehead atoms. The van der Waals surface area contributed by atoms with E-state index in [9.17, 15) is 0 Å². The number of rotatable bonds is 6. The fourth-order valence-corrected chi connectivity index (χ4v) is 2.83. The molecule has 0 aromatic carbocycles. The van der Waals surface area contributed by atoms with E-state index in [0.717, 1.165) is 24.4 Å². The lowest BCUT2D eigenvalue weighted by Gasteiger charge is -2.24. The lowest BCUT2D eigenvalue weighted by atomic mass is 10.1. The Morgan fingerprint density at radius 3 is 2.60 bits per heavy atom. The molecule has 2 fully saturated rings. The Labute approximate surface area is 94.4 Å². The van der Waals surface area contributed by atoms with Crippen molar-refractivity contribution in [2.75, 3.05) is 26.2 Å². The van der Waals surface area contributed by atoms with Gasteiger partial charge >= 0.3 is 0 Å². The van der Waals surface area contributed by atoms with Crippen molar-refractivity contribution in [3.8, 4) is 0 Å². The highest BCUT2D eigenvalue weighted by Crippen LogP contribution is 2.33. The minimum Gasteiger partial charge on any atom is -0.313 e. The zero-order chi connectivity index (χ0) is 10.7. The third kappa shape index (κ3) is 3.18. The first-order valence-corrected chi connectivity index (χ1v) is 6.79. The van der Waals surface area contributed by atoms with Gasteiger partial charge in [0, 0.05) is 19.1 Å². The Kier molecular flexibility index (Phi) is 4.04. The zero-order valence-electron chi connectivity index (χ0n) is 10.3. The Bertz CT molecular complexity index is 189. The van der Waals surface area contributed by atoms with Gasteiger partial charge in [0.05, 0.1) is 0 Å². The number of nitrogens with zero attached hydrogens (tertiary/aromatic N) is 1. The Morgan fingerprint density at radius 1 is 1.27 bits per heavy atom. The smallest absolute Gasteiger partial charge is 0.0223 e. The molecule has 1 saturated carbocycles. The molecule has 0 spiro atoms. The average Bonchev–Trinajstić information content (AvgIpc) is 2.99. The Balaban J connectivity index is 1.74. The summed E-state index contributed by atoms with van der Waals surface area (Å²) in [5.74, 6) is 1.97. The lowest BCUT2D eigenvalue weighted by molar-refractivity contribution is 0.267. The standard InChI is InChI=1S/C13H26N2/c1-3-11-7-8-15(9-11)10-13(14-4-2)12-5-6-12/h11-14H,3-10H2,1-2H3. The first-order valence-electron chi connectivity index (χ1n) is 6.79. The third-order valence-corrected chi connectivity index (χ3v) is 4.06. The van der Waals surface area contributed by atoms with Gasteiger partial charge in [-0.2, -0.15) is 0 Å². The molecule has 1 saturated heterocycles. The number of likely N-dealkylation sites (N-methyl/N-ethyl adjacent to an activating group) is 1. The summed E-state index contributed by atoms with van der Waals surface area (Å²) >= 11 is 0. The van der Waals surface area contributed by atoms with Gasteiger partial charge < -0.3 is 10.2 Å². The third-order valence-electron chi connectivity index (χ3n) is 4.06. The van der Waals surface area contributed by atoms with Gasteiger partial charge in [-0.25, -0.2) is 0 Å². The van der Waals surface area contributed by atoms with Crippen LogP contribution in [0.25, 0.3) is 0 Å². The highest BCUT2D eigenvalue weighted by atomic mass is 15.2. The summed E-state index contributed by atoms with van der Waals surface area (Å²) in [5, 5.41) is 3.66. The van der Waals surface area contributed by atoms with E-state index in [-0.39, 0.29) is 0 Å². The van der Waals surface area contributed by atoms with E-state index in [0.29, 0.717) is 0 Å². The molecule has 2 aliphatic rings. The van der Waals surface area contributed by atoms with Crippen LogP contribution in [0.4, 0.5) is 0 Å². The number of hydrogen-bond acceptors (Lipinski definition) is 2. The van der Waals surface area contributed by atoms with E-state index in [2.05, 4.69) is 24.1 Å². The van der Waals surface area contributed by atoms with Crippen molar-refractivity contribution in [3.63, 3.8) is 0 Å². The van der Waals surface area contributed by atoms with E-state index >= 15 is 0 Å². The van der Waals surface area contributed by atoms with Crippen molar-refractivity contribution in [1.29, 1.82) is 0 Å². The molecule has 1 heterocycles.